The fraction of sp³-hybridized carbons (Fsp3) is 0.571. The molecule has 0 spiro atoms. The Morgan fingerprint density at radius 1 is 1.35 bits per heavy atom. The van der Waals surface area contributed by atoms with Gasteiger partial charge >= 0.3 is 0 Å². The first-order valence-corrected chi connectivity index (χ1v) is 7.69. The second kappa shape index (κ2) is 6.92. The van der Waals surface area contributed by atoms with E-state index in [1.54, 1.807) is 0 Å². The molecule has 2 nitrogen and oxygen atoms in total. The van der Waals surface area contributed by atoms with Crippen molar-refractivity contribution in [3.63, 3.8) is 0 Å². The van der Waals surface area contributed by atoms with Gasteiger partial charge in [-0.3, -0.25) is 4.21 Å². The van der Waals surface area contributed by atoms with Gasteiger partial charge in [0.1, 0.15) is 0 Å². The number of nitrogens with one attached hydrogen (secondary N) is 1. The molecule has 0 aliphatic carbocycles. The summed E-state index contributed by atoms with van der Waals surface area (Å²) in [5, 5.41) is 3.43. The van der Waals surface area contributed by atoms with Crippen molar-refractivity contribution in [1.82, 2.24) is 5.32 Å². The molecule has 0 aliphatic rings. The highest BCUT2D eigenvalue weighted by Crippen LogP contribution is 2.18. The molecule has 0 saturated heterocycles. The number of rotatable bonds is 6. The molecule has 0 aromatic heterocycles. The molecule has 0 fully saturated rings. The van der Waals surface area contributed by atoms with Crippen molar-refractivity contribution in [1.29, 1.82) is 0 Å². The van der Waals surface area contributed by atoms with Crippen molar-refractivity contribution < 1.29 is 4.21 Å². The van der Waals surface area contributed by atoms with E-state index in [0.717, 1.165) is 18.1 Å². The first kappa shape index (κ1) is 14.4. The molecule has 1 N–H and O–H groups in total. The highest BCUT2D eigenvalue weighted by Gasteiger charge is 2.07. The lowest BCUT2D eigenvalue weighted by Crippen LogP contribution is -2.24. The van der Waals surface area contributed by atoms with Crippen molar-refractivity contribution in [2.75, 3.05) is 18.1 Å². The van der Waals surface area contributed by atoms with Gasteiger partial charge in [0.05, 0.1) is 0 Å². The molecule has 0 radical (unpaired) electrons. The third kappa shape index (κ3) is 4.60. The molecule has 2 unspecified atom stereocenters. The van der Waals surface area contributed by atoms with Crippen molar-refractivity contribution in [2.24, 2.45) is 0 Å². The van der Waals surface area contributed by atoms with Crippen LogP contribution < -0.4 is 5.32 Å². The standard InChI is InChI=1S/C14H23NOS/c1-5-17(16)9-8-15-13(4)14-7-6-11(2)10-12(14)3/h6-7,10,13,15H,5,8-9H2,1-4H3. The Morgan fingerprint density at radius 3 is 2.65 bits per heavy atom. The topological polar surface area (TPSA) is 29.1 Å². The molecule has 96 valence electrons. The van der Waals surface area contributed by atoms with E-state index in [1.165, 1.54) is 16.7 Å². The monoisotopic (exact) mass is 253 g/mol. The Bertz CT molecular complexity index is 390. The van der Waals surface area contributed by atoms with Crippen molar-refractivity contribution in [3.05, 3.63) is 34.9 Å². The summed E-state index contributed by atoms with van der Waals surface area (Å²) in [4.78, 5) is 0. The lowest BCUT2D eigenvalue weighted by Gasteiger charge is -2.16. The Kier molecular flexibility index (Phi) is 5.86. The van der Waals surface area contributed by atoms with Gasteiger partial charge in [-0.15, -0.1) is 0 Å². The zero-order valence-electron chi connectivity index (χ0n) is 11.2. The molecule has 3 heteroatoms. The lowest BCUT2D eigenvalue weighted by atomic mass is 10.0. The smallest absolute Gasteiger partial charge is 0.0360 e. The normalized spacial score (nSPS) is 14.6. The van der Waals surface area contributed by atoms with Gasteiger partial charge in [-0.1, -0.05) is 30.7 Å². The third-order valence-electron chi connectivity index (χ3n) is 2.99. The summed E-state index contributed by atoms with van der Waals surface area (Å²) in [7, 11) is -0.671. The van der Waals surface area contributed by atoms with Gasteiger partial charge in [-0.25, -0.2) is 0 Å². The zero-order chi connectivity index (χ0) is 12.8. The van der Waals surface area contributed by atoms with Gasteiger partial charge in [-0.05, 0) is 31.9 Å². The SMILES string of the molecule is CCS(=O)CCNC(C)c1ccc(C)cc1C. The van der Waals surface area contributed by atoms with Gasteiger partial charge in [0.15, 0.2) is 0 Å². The third-order valence-corrected chi connectivity index (χ3v) is 4.30. The van der Waals surface area contributed by atoms with E-state index in [4.69, 9.17) is 0 Å². The highest BCUT2D eigenvalue weighted by atomic mass is 32.2. The molecule has 0 bridgehead atoms. The molecule has 1 aromatic rings. The minimum atomic E-state index is -0.671. The maximum absolute atomic E-state index is 11.3. The predicted octanol–water partition coefficient (Wildman–Crippen LogP) is 2.72. The molecule has 0 saturated carbocycles. The molecule has 1 rings (SSSR count). The van der Waals surface area contributed by atoms with Crippen LogP contribution in [0.2, 0.25) is 0 Å². The summed E-state index contributed by atoms with van der Waals surface area (Å²) < 4.78 is 11.3. The van der Waals surface area contributed by atoms with Gasteiger partial charge < -0.3 is 5.32 Å². The predicted molar refractivity (Wildman–Crippen MR) is 75.9 cm³/mol. The van der Waals surface area contributed by atoms with Gasteiger partial charge in [0.2, 0.25) is 0 Å². The fourth-order valence-corrected chi connectivity index (χ4v) is 2.59. The van der Waals surface area contributed by atoms with Crippen LogP contribution in [0.1, 0.15) is 36.6 Å². The van der Waals surface area contributed by atoms with E-state index in [9.17, 15) is 4.21 Å². The van der Waals surface area contributed by atoms with E-state index in [0.29, 0.717) is 6.04 Å². The Labute approximate surface area is 107 Å². The van der Waals surface area contributed by atoms with Crippen LogP contribution in [-0.2, 0) is 10.8 Å². The number of hydrogen-bond donors (Lipinski definition) is 1. The Morgan fingerprint density at radius 2 is 2.06 bits per heavy atom. The van der Waals surface area contributed by atoms with Crippen molar-refractivity contribution >= 4 is 10.8 Å². The van der Waals surface area contributed by atoms with Crippen LogP contribution in [0.5, 0.6) is 0 Å². The number of hydrogen-bond acceptors (Lipinski definition) is 2. The summed E-state index contributed by atoms with van der Waals surface area (Å²) in [6.45, 7) is 9.19. The first-order valence-electron chi connectivity index (χ1n) is 6.20. The van der Waals surface area contributed by atoms with E-state index in [1.807, 2.05) is 6.92 Å². The van der Waals surface area contributed by atoms with E-state index in [-0.39, 0.29) is 0 Å². The number of benzene rings is 1. The van der Waals surface area contributed by atoms with Gasteiger partial charge in [0.25, 0.3) is 0 Å². The quantitative estimate of drug-likeness (QED) is 0.844. The summed E-state index contributed by atoms with van der Waals surface area (Å²) >= 11 is 0. The van der Waals surface area contributed by atoms with E-state index in [2.05, 4.69) is 44.3 Å². The minimum Gasteiger partial charge on any atom is -0.309 e. The van der Waals surface area contributed by atoms with E-state index < -0.39 is 10.8 Å². The average Bonchev–Trinajstić information content (AvgIpc) is 2.28. The van der Waals surface area contributed by atoms with Crippen LogP contribution in [0.25, 0.3) is 0 Å². The first-order chi connectivity index (χ1) is 8.04. The van der Waals surface area contributed by atoms with Crippen LogP contribution in [0.3, 0.4) is 0 Å². The van der Waals surface area contributed by atoms with Crippen LogP contribution in [0, 0.1) is 13.8 Å². The van der Waals surface area contributed by atoms with Crippen LogP contribution in [-0.4, -0.2) is 22.3 Å². The minimum absolute atomic E-state index is 0.324. The molecule has 17 heavy (non-hydrogen) atoms. The van der Waals surface area contributed by atoms with Gasteiger partial charge in [0, 0.05) is 34.9 Å². The van der Waals surface area contributed by atoms with Gasteiger partial charge in [-0.2, -0.15) is 0 Å². The highest BCUT2D eigenvalue weighted by molar-refractivity contribution is 7.84. The maximum atomic E-state index is 11.3. The van der Waals surface area contributed by atoms with Crippen LogP contribution in [0.4, 0.5) is 0 Å². The van der Waals surface area contributed by atoms with Crippen LogP contribution >= 0.6 is 0 Å². The summed E-state index contributed by atoms with van der Waals surface area (Å²) in [6.07, 6.45) is 0. The summed E-state index contributed by atoms with van der Waals surface area (Å²) in [6, 6.07) is 6.85. The second-order valence-corrected chi connectivity index (χ2v) is 6.33. The van der Waals surface area contributed by atoms with Crippen LogP contribution in [0.15, 0.2) is 18.2 Å². The Balaban J connectivity index is 2.52. The largest absolute Gasteiger partial charge is 0.309 e. The molecular formula is C14H23NOS. The molecule has 0 amide bonds. The average molecular weight is 253 g/mol. The molecular weight excluding hydrogens is 230 g/mol. The summed E-state index contributed by atoms with van der Waals surface area (Å²) in [5.74, 6) is 1.49. The molecule has 0 aliphatic heterocycles. The summed E-state index contributed by atoms with van der Waals surface area (Å²) in [5.41, 5.74) is 3.95. The van der Waals surface area contributed by atoms with Crippen molar-refractivity contribution in [2.45, 2.75) is 33.7 Å². The van der Waals surface area contributed by atoms with E-state index >= 15 is 0 Å². The molecule has 1 aromatic carbocycles. The zero-order valence-corrected chi connectivity index (χ0v) is 12.1. The molecule has 2 atom stereocenters. The Hall–Kier alpha value is -0.670. The second-order valence-electron chi connectivity index (χ2n) is 4.47. The lowest BCUT2D eigenvalue weighted by molar-refractivity contribution is 0.594. The maximum Gasteiger partial charge on any atom is 0.0360 e. The van der Waals surface area contributed by atoms with Crippen molar-refractivity contribution in [3.8, 4) is 0 Å². The fourth-order valence-electron chi connectivity index (χ4n) is 1.96. The number of aryl methyl sites for hydroxylation is 2. The molecule has 0 heterocycles.